The molecule has 0 saturated carbocycles. The second-order valence-electron chi connectivity index (χ2n) is 4.28. The van der Waals surface area contributed by atoms with Crippen molar-refractivity contribution in [1.29, 1.82) is 0 Å². The fourth-order valence-corrected chi connectivity index (χ4v) is 2.09. The number of halogens is 2. The van der Waals surface area contributed by atoms with Gasteiger partial charge < -0.3 is 9.47 Å². The Morgan fingerprint density at radius 1 is 1.29 bits per heavy atom. The van der Waals surface area contributed by atoms with Gasteiger partial charge in [0.25, 0.3) is 0 Å². The lowest BCUT2D eigenvalue weighted by Crippen LogP contribution is -2.09. The highest BCUT2D eigenvalue weighted by atomic mass is 35.5. The molecule has 0 atom stereocenters. The molecule has 0 bridgehead atoms. The van der Waals surface area contributed by atoms with Gasteiger partial charge in [0.2, 0.25) is 6.29 Å². The number of hydrogen-bond donors (Lipinski definition) is 0. The molecule has 0 fully saturated rings. The highest BCUT2D eigenvalue weighted by Gasteiger charge is 2.16. The van der Waals surface area contributed by atoms with Crippen molar-refractivity contribution < 1.29 is 13.9 Å². The standard InChI is InChI=1S/C14H17ClFN3O2/c1-3-20-14(21-4-2)13-9-19(18-17-13)8-10-11(15)6-5-7-12(10)16/h5-7,9,14H,3-4,8H2,1-2H3. The SMILES string of the molecule is CCOC(OCC)c1cn(Cc2c(F)cccc2Cl)nn1. The van der Waals surface area contributed by atoms with E-state index >= 15 is 0 Å². The Morgan fingerprint density at radius 3 is 2.62 bits per heavy atom. The van der Waals surface area contributed by atoms with E-state index < -0.39 is 6.29 Å². The molecule has 1 aromatic carbocycles. The van der Waals surface area contributed by atoms with Crippen LogP contribution in [0.1, 0.15) is 31.4 Å². The molecule has 7 heteroatoms. The number of rotatable bonds is 7. The van der Waals surface area contributed by atoms with Crippen LogP contribution >= 0.6 is 11.6 Å². The molecule has 0 unspecified atom stereocenters. The summed E-state index contributed by atoms with van der Waals surface area (Å²) in [6, 6.07) is 4.57. The Morgan fingerprint density at radius 2 is 2.00 bits per heavy atom. The summed E-state index contributed by atoms with van der Waals surface area (Å²) in [5.74, 6) is -0.370. The summed E-state index contributed by atoms with van der Waals surface area (Å²) in [7, 11) is 0. The minimum Gasteiger partial charge on any atom is -0.347 e. The minimum atomic E-state index is -0.565. The summed E-state index contributed by atoms with van der Waals surface area (Å²) >= 11 is 6.00. The molecule has 0 radical (unpaired) electrons. The normalized spacial score (nSPS) is 11.3. The monoisotopic (exact) mass is 313 g/mol. The van der Waals surface area contributed by atoms with Gasteiger partial charge in [0.1, 0.15) is 11.5 Å². The largest absolute Gasteiger partial charge is 0.347 e. The zero-order chi connectivity index (χ0) is 15.2. The van der Waals surface area contributed by atoms with Crippen LogP contribution in [0.5, 0.6) is 0 Å². The first-order valence-corrected chi connectivity index (χ1v) is 7.09. The van der Waals surface area contributed by atoms with Crippen LogP contribution in [0.25, 0.3) is 0 Å². The van der Waals surface area contributed by atoms with Gasteiger partial charge in [0.05, 0.1) is 12.7 Å². The smallest absolute Gasteiger partial charge is 0.204 e. The average molecular weight is 314 g/mol. The van der Waals surface area contributed by atoms with E-state index in [0.717, 1.165) is 0 Å². The zero-order valence-electron chi connectivity index (χ0n) is 11.9. The van der Waals surface area contributed by atoms with Crippen molar-refractivity contribution in [1.82, 2.24) is 15.0 Å². The maximum atomic E-state index is 13.7. The molecule has 0 saturated heterocycles. The van der Waals surface area contributed by atoms with E-state index in [0.29, 0.717) is 29.5 Å². The van der Waals surface area contributed by atoms with Crippen molar-refractivity contribution in [3.63, 3.8) is 0 Å². The molecule has 0 N–H and O–H groups in total. The van der Waals surface area contributed by atoms with Crippen LogP contribution in [0, 0.1) is 5.82 Å². The highest BCUT2D eigenvalue weighted by Crippen LogP contribution is 2.21. The summed E-state index contributed by atoms with van der Waals surface area (Å²) in [5.41, 5.74) is 0.922. The number of nitrogens with zero attached hydrogens (tertiary/aromatic N) is 3. The fourth-order valence-electron chi connectivity index (χ4n) is 1.87. The second kappa shape index (κ2) is 7.49. The quantitative estimate of drug-likeness (QED) is 0.737. The molecule has 0 aliphatic heterocycles. The molecule has 0 aliphatic carbocycles. The van der Waals surface area contributed by atoms with Crippen molar-refractivity contribution >= 4 is 11.6 Å². The van der Waals surface area contributed by atoms with Crippen LogP contribution in [0.15, 0.2) is 24.4 Å². The van der Waals surface area contributed by atoms with Crippen LogP contribution in [-0.4, -0.2) is 28.2 Å². The third-order valence-corrected chi connectivity index (χ3v) is 3.17. The average Bonchev–Trinajstić information content (AvgIpc) is 2.91. The molecule has 0 spiro atoms. The van der Waals surface area contributed by atoms with Crippen LogP contribution in [-0.2, 0) is 16.0 Å². The molecule has 2 rings (SSSR count). The lowest BCUT2D eigenvalue weighted by molar-refractivity contribution is -0.142. The van der Waals surface area contributed by atoms with Gasteiger partial charge in [-0.05, 0) is 26.0 Å². The predicted molar refractivity (Wildman–Crippen MR) is 76.5 cm³/mol. The van der Waals surface area contributed by atoms with Gasteiger partial charge in [-0.1, -0.05) is 22.9 Å². The molecule has 0 amide bonds. The van der Waals surface area contributed by atoms with Crippen LogP contribution in [0.4, 0.5) is 4.39 Å². The number of aromatic nitrogens is 3. The zero-order valence-corrected chi connectivity index (χ0v) is 12.7. The summed E-state index contributed by atoms with van der Waals surface area (Å²) < 4.78 is 26.1. The Balaban J connectivity index is 2.16. The molecule has 114 valence electrons. The maximum Gasteiger partial charge on any atom is 0.204 e. The van der Waals surface area contributed by atoms with Crippen molar-refractivity contribution in [3.8, 4) is 0 Å². The van der Waals surface area contributed by atoms with Gasteiger partial charge in [0.15, 0.2) is 0 Å². The van der Waals surface area contributed by atoms with Gasteiger partial charge in [-0.25, -0.2) is 9.07 Å². The summed E-state index contributed by atoms with van der Waals surface area (Å²) in [6.07, 6.45) is 1.10. The second-order valence-corrected chi connectivity index (χ2v) is 4.69. The van der Waals surface area contributed by atoms with Gasteiger partial charge in [-0.3, -0.25) is 0 Å². The van der Waals surface area contributed by atoms with E-state index in [9.17, 15) is 4.39 Å². The van der Waals surface area contributed by atoms with E-state index in [-0.39, 0.29) is 12.4 Å². The number of hydrogen-bond acceptors (Lipinski definition) is 4. The molecular weight excluding hydrogens is 297 g/mol. The molecule has 0 aliphatic rings. The van der Waals surface area contributed by atoms with Crippen molar-refractivity contribution in [2.75, 3.05) is 13.2 Å². The van der Waals surface area contributed by atoms with E-state index in [1.165, 1.54) is 10.7 Å². The third-order valence-electron chi connectivity index (χ3n) is 2.82. The van der Waals surface area contributed by atoms with Gasteiger partial charge in [0, 0.05) is 23.8 Å². The highest BCUT2D eigenvalue weighted by molar-refractivity contribution is 6.31. The minimum absolute atomic E-state index is 0.198. The van der Waals surface area contributed by atoms with Crippen LogP contribution < -0.4 is 0 Å². The predicted octanol–water partition coefficient (Wildman–Crippen LogP) is 3.19. The molecule has 1 heterocycles. The Bertz CT molecular complexity index is 565. The summed E-state index contributed by atoms with van der Waals surface area (Å²) in [5, 5.41) is 8.33. The van der Waals surface area contributed by atoms with E-state index in [2.05, 4.69) is 10.3 Å². The summed E-state index contributed by atoms with van der Waals surface area (Å²) in [6.45, 7) is 4.93. The topological polar surface area (TPSA) is 49.2 Å². The molecular formula is C14H17ClFN3O2. The van der Waals surface area contributed by atoms with Crippen molar-refractivity contribution in [3.05, 3.63) is 46.5 Å². The molecule has 5 nitrogen and oxygen atoms in total. The molecule has 2 aromatic rings. The van der Waals surface area contributed by atoms with Crippen LogP contribution in [0.2, 0.25) is 5.02 Å². The lowest BCUT2D eigenvalue weighted by Gasteiger charge is -2.13. The first-order chi connectivity index (χ1) is 10.2. The van der Waals surface area contributed by atoms with Crippen LogP contribution in [0.3, 0.4) is 0 Å². The third kappa shape index (κ3) is 4.00. The van der Waals surface area contributed by atoms with Gasteiger partial charge in [-0.2, -0.15) is 0 Å². The van der Waals surface area contributed by atoms with E-state index in [1.807, 2.05) is 13.8 Å². The molecule has 1 aromatic heterocycles. The maximum absolute atomic E-state index is 13.7. The Hall–Kier alpha value is -1.50. The fraction of sp³-hybridized carbons (Fsp3) is 0.429. The number of ether oxygens (including phenoxy) is 2. The first kappa shape index (κ1) is 15.9. The van der Waals surface area contributed by atoms with Gasteiger partial charge >= 0.3 is 0 Å². The Kier molecular flexibility index (Phi) is 5.67. The Labute approximate surface area is 127 Å². The van der Waals surface area contributed by atoms with Crippen molar-refractivity contribution in [2.24, 2.45) is 0 Å². The first-order valence-electron chi connectivity index (χ1n) is 6.71. The number of benzene rings is 1. The molecule has 21 heavy (non-hydrogen) atoms. The van der Waals surface area contributed by atoms with Crippen molar-refractivity contribution in [2.45, 2.75) is 26.7 Å². The van der Waals surface area contributed by atoms with E-state index in [4.69, 9.17) is 21.1 Å². The van der Waals surface area contributed by atoms with E-state index in [1.54, 1.807) is 18.3 Å². The summed E-state index contributed by atoms with van der Waals surface area (Å²) in [4.78, 5) is 0. The lowest BCUT2D eigenvalue weighted by atomic mass is 10.2. The van der Waals surface area contributed by atoms with Gasteiger partial charge in [-0.15, -0.1) is 5.10 Å².